The molecule has 5 aromatic rings. The number of ether oxygens (including phenoxy) is 2. The lowest BCUT2D eigenvalue weighted by molar-refractivity contribution is 0.215. The zero-order valence-corrected chi connectivity index (χ0v) is 19.1. The summed E-state index contributed by atoms with van der Waals surface area (Å²) in [4.78, 5) is 20.1. The highest BCUT2D eigenvalue weighted by Crippen LogP contribution is 2.34. The number of benzene rings is 4. The number of hydrogen-bond acceptors (Lipinski definition) is 4. The minimum atomic E-state index is -0.620. The molecule has 0 aliphatic rings. The predicted molar refractivity (Wildman–Crippen MR) is 134 cm³/mol. The Kier molecular flexibility index (Phi) is 6.08. The van der Waals surface area contributed by atoms with Crippen LogP contribution in [0.1, 0.15) is 0 Å². The molecule has 0 radical (unpaired) electrons. The van der Waals surface area contributed by atoms with Crippen molar-refractivity contribution in [3.05, 3.63) is 101 Å². The van der Waals surface area contributed by atoms with Gasteiger partial charge in [-0.3, -0.25) is 5.32 Å². The molecule has 0 aliphatic carbocycles. The summed E-state index contributed by atoms with van der Waals surface area (Å²) in [5.41, 5.74) is 2.55. The topological polar surface area (TPSA) is 76.2 Å². The fraction of sp³-hybridized carbons (Fsp3) is 0. The molecule has 1 aromatic heterocycles. The van der Waals surface area contributed by atoms with Crippen LogP contribution < -0.4 is 14.8 Å². The summed E-state index contributed by atoms with van der Waals surface area (Å²) < 4.78 is 11.2. The molecular weight excluding hydrogens is 473 g/mol. The highest BCUT2D eigenvalue weighted by molar-refractivity contribution is 6.39. The maximum Gasteiger partial charge on any atom is 0.417 e. The molecule has 5 rings (SSSR count). The van der Waals surface area contributed by atoms with Crippen molar-refractivity contribution in [3.63, 3.8) is 0 Å². The second kappa shape index (κ2) is 9.47. The molecule has 0 atom stereocenters. The van der Waals surface area contributed by atoms with Gasteiger partial charge in [-0.25, -0.2) is 9.78 Å². The molecule has 34 heavy (non-hydrogen) atoms. The van der Waals surface area contributed by atoms with Gasteiger partial charge in [-0.05, 0) is 60.7 Å². The van der Waals surface area contributed by atoms with Gasteiger partial charge in [0.05, 0.1) is 26.6 Å². The van der Waals surface area contributed by atoms with Crippen LogP contribution in [0.15, 0.2) is 91.0 Å². The zero-order chi connectivity index (χ0) is 23.5. The Labute approximate surface area is 205 Å². The van der Waals surface area contributed by atoms with Crippen LogP contribution in [0.3, 0.4) is 0 Å². The first-order valence-electron chi connectivity index (χ1n) is 10.3. The van der Waals surface area contributed by atoms with Gasteiger partial charge < -0.3 is 14.5 Å². The lowest BCUT2D eigenvalue weighted by Crippen LogP contribution is -2.16. The number of halogens is 2. The summed E-state index contributed by atoms with van der Waals surface area (Å²) in [6.45, 7) is 0. The molecule has 0 bridgehead atoms. The molecule has 168 valence electrons. The van der Waals surface area contributed by atoms with E-state index in [2.05, 4.69) is 15.3 Å². The molecule has 8 heteroatoms. The van der Waals surface area contributed by atoms with E-state index in [0.29, 0.717) is 49.7 Å². The van der Waals surface area contributed by atoms with E-state index in [1.165, 1.54) is 0 Å². The Morgan fingerprint density at radius 3 is 2.21 bits per heavy atom. The van der Waals surface area contributed by atoms with E-state index in [9.17, 15) is 4.79 Å². The van der Waals surface area contributed by atoms with Gasteiger partial charge in [0, 0.05) is 11.8 Å². The van der Waals surface area contributed by atoms with Crippen molar-refractivity contribution < 1.29 is 14.3 Å². The lowest BCUT2D eigenvalue weighted by Gasteiger charge is -2.08. The Morgan fingerprint density at radius 1 is 0.794 bits per heavy atom. The predicted octanol–water partition coefficient (Wildman–Crippen LogP) is 7.94. The van der Waals surface area contributed by atoms with E-state index in [0.717, 1.165) is 5.75 Å². The Hall–Kier alpha value is -4.00. The van der Waals surface area contributed by atoms with Crippen LogP contribution in [-0.2, 0) is 0 Å². The van der Waals surface area contributed by atoms with E-state index >= 15 is 0 Å². The number of carbonyl (C=O) groups excluding carboxylic acids is 1. The van der Waals surface area contributed by atoms with Crippen LogP contribution in [0.25, 0.3) is 22.4 Å². The number of anilines is 1. The SMILES string of the molecule is O=C(Nc1ccc(Oc2ccccc2)cc1)Oc1ccc2nc(-c3c(Cl)cccc3Cl)[nH]c2c1. The average Bonchev–Trinajstić information content (AvgIpc) is 3.24. The summed E-state index contributed by atoms with van der Waals surface area (Å²) in [5.74, 6) is 2.28. The van der Waals surface area contributed by atoms with Crippen molar-refractivity contribution in [1.29, 1.82) is 0 Å². The Balaban J connectivity index is 1.26. The summed E-state index contributed by atoms with van der Waals surface area (Å²) in [7, 11) is 0. The van der Waals surface area contributed by atoms with Gasteiger partial charge >= 0.3 is 6.09 Å². The molecule has 0 saturated carbocycles. The summed E-state index contributed by atoms with van der Waals surface area (Å²) in [6.07, 6.45) is -0.620. The van der Waals surface area contributed by atoms with Crippen LogP contribution in [0, 0.1) is 0 Å². The van der Waals surface area contributed by atoms with Gasteiger partial charge in [0.2, 0.25) is 0 Å². The van der Waals surface area contributed by atoms with E-state index in [-0.39, 0.29) is 0 Å². The van der Waals surface area contributed by atoms with E-state index < -0.39 is 6.09 Å². The van der Waals surface area contributed by atoms with Crippen molar-refractivity contribution in [2.24, 2.45) is 0 Å². The Bertz CT molecular complexity index is 1450. The number of aromatic amines is 1. The maximum absolute atomic E-state index is 12.4. The minimum absolute atomic E-state index is 0.356. The van der Waals surface area contributed by atoms with Crippen LogP contribution in [0.4, 0.5) is 10.5 Å². The monoisotopic (exact) mass is 489 g/mol. The van der Waals surface area contributed by atoms with Crippen LogP contribution in [-0.4, -0.2) is 16.1 Å². The fourth-order valence-corrected chi connectivity index (χ4v) is 3.95. The van der Waals surface area contributed by atoms with Crippen LogP contribution in [0.2, 0.25) is 10.0 Å². The molecule has 0 spiro atoms. The Morgan fingerprint density at radius 2 is 1.47 bits per heavy atom. The standard InChI is InChI=1S/C26H17Cl2N3O3/c27-20-7-4-8-21(28)24(20)25-30-22-14-13-19(15-23(22)31-25)34-26(32)29-16-9-11-18(12-10-16)33-17-5-2-1-3-6-17/h1-15H,(H,29,32)(H,30,31). The first-order valence-corrected chi connectivity index (χ1v) is 11.1. The number of carbonyl (C=O) groups is 1. The molecular formula is C26H17Cl2N3O3. The van der Waals surface area contributed by atoms with E-state index in [1.807, 2.05) is 30.3 Å². The number of amides is 1. The first kappa shape index (κ1) is 21.8. The molecule has 6 nitrogen and oxygen atoms in total. The number of imidazole rings is 1. The number of para-hydroxylation sites is 1. The van der Waals surface area contributed by atoms with Gasteiger partial charge in [0.1, 0.15) is 23.1 Å². The zero-order valence-electron chi connectivity index (χ0n) is 17.6. The summed E-state index contributed by atoms with van der Waals surface area (Å²) in [5, 5.41) is 3.68. The van der Waals surface area contributed by atoms with E-state index in [1.54, 1.807) is 60.7 Å². The molecule has 1 amide bonds. The van der Waals surface area contributed by atoms with Crippen molar-refractivity contribution in [3.8, 4) is 28.6 Å². The lowest BCUT2D eigenvalue weighted by atomic mass is 10.2. The molecule has 0 fully saturated rings. The van der Waals surface area contributed by atoms with Crippen LogP contribution in [0.5, 0.6) is 17.2 Å². The van der Waals surface area contributed by atoms with Gasteiger partial charge in [-0.15, -0.1) is 0 Å². The smallest absolute Gasteiger partial charge is 0.417 e. The van der Waals surface area contributed by atoms with Gasteiger partial charge in [-0.2, -0.15) is 0 Å². The third-order valence-electron chi connectivity index (χ3n) is 4.94. The average molecular weight is 490 g/mol. The molecule has 2 N–H and O–H groups in total. The minimum Gasteiger partial charge on any atom is -0.457 e. The summed E-state index contributed by atoms with van der Waals surface area (Å²) in [6, 6.07) is 26.8. The number of aromatic nitrogens is 2. The number of fused-ring (bicyclic) bond motifs is 1. The molecule has 0 saturated heterocycles. The quantitative estimate of drug-likeness (QED) is 0.262. The number of nitrogens with zero attached hydrogens (tertiary/aromatic N) is 1. The number of hydrogen-bond donors (Lipinski definition) is 2. The van der Waals surface area contributed by atoms with Crippen molar-refractivity contribution in [1.82, 2.24) is 9.97 Å². The first-order chi connectivity index (χ1) is 16.5. The van der Waals surface area contributed by atoms with E-state index in [4.69, 9.17) is 32.7 Å². The second-order valence-electron chi connectivity index (χ2n) is 7.32. The molecule has 4 aromatic carbocycles. The van der Waals surface area contributed by atoms with Gasteiger partial charge in [0.25, 0.3) is 0 Å². The van der Waals surface area contributed by atoms with Crippen molar-refractivity contribution in [2.45, 2.75) is 0 Å². The normalized spacial score (nSPS) is 10.8. The summed E-state index contributed by atoms with van der Waals surface area (Å²) >= 11 is 12.6. The van der Waals surface area contributed by atoms with Crippen LogP contribution >= 0.6 is 23.2 Å². The molecule has 1 heterocycles. The van der Waals surface area contributed by atoms with Crippen molar-refractivity contribution >= 4 is 46.0 Å². The van der Waals surface area contributed by atoms with Gasteiger partial charge in [-0.1, -0.05) is 47.5 Å². The molecule has 0 aliphatic heterocycles. The fourth-order valence-electron chi connectivity index (χ4n) is 3.38. The second-order valence-corrected chi connectivity index (χ2v) is 8.13. The maximum atomic E-state index is 12.4. The van der Waals surface area contributed by atoms with Crippen molar-refractivity contribution in [2.75, 3.05) is 5.32 Å². The third-order valence-corrected chi connectivity index (χ3v) is 5.57. The largest absolute Gasteiger partial charge is 0.457 e. The number of rotatable bonds is 5. The highest BCUT2D eigenvalue weighted by Gasteiger charge is 2.14. The highest BCUT2D eigenvalue weighted by atomic mass is 35.5. The van der Waals surface area contributed by atoms with Gasteiger partial charge in [0.15, 0.2) is 0 Å². The number of nitrogens with one attached hydrogen (secondary N) is 2. The third kappa shape index (κ3) is 4.83. The number of H-pyrrole nitrogens is 1. The molecule has 0 unspecified atom stereocenters.